The van der Waals surface area contributed by atoms with Crippen molar-refractivity contribution in [2.75, 3.05) is 44.2 Å². The zero-order valence-electron chi connectivity index (χ0n) is 15.6. The van der Waals surface area contributed by atoms with Gasteiger partial charge in [0.25, 0.3) is 0 Å². The number of sulfonamides is 1. The van der Waals surface area contributed by atoms with Crippen LogP contribution in [0.3, 0.4) is 0 Å². The van der Waals surface area contributed by atoms with Crippen LogP contribution in [-0.2, 0) is 15.8 Å². The Morgan fingerprint density at radius 2 is 1.59 bits per heavy atom. The highest BCUT2D eigenvalue weighted by atomic mass is 32.2. The van der Waals surface area contributed by atoms with Crippen LogP contribution in [0.4, 0.5) is 10.1 Å². The maximum atomic E-state index is 13.0. The van der Waals surface area contributed by atoms with Gasteiger partial charge < -0.3 is 4.90 Å². The first-order valence-corrected chi connectivity index (χ1v) is 10.8. The van der Waals surface area contributed by atoms with Crippen LogP contribution >= 0.6 is 0 Å². The van der Waals surface area contributed by atoms with Gasteiger partial charge in [-0.3, -0.25) is 4.90 Å². The van der Waals surface area contributed by atoms with Crippen LogP contribution < -0.4 is 9.62 Å². The second-order valence-corrected chi connectivity index (χ2v) is 8.75. The molecule has 5 nitrogen and oxygen atoms in total. The molecule has 0 radical (unpaired) electrons. The fourth-order valence-corrected chi connectivity index (χ4v) is 4.33. The first-order chi connectivity index (χ1) is 12.9. The van der Waals surface area contributed by atoms with Crippen molar-refractivity contribution in [2.45, 2.75) is 12.7 Å². The molecule has 3 rings (SSSR count). The molecule has 1 N–H and O–H groups in total. The van der Waals surface area contributed by atoms with Gasteiger partial charge in [-0.05, 0) is 36.8 Å². The molecule has 0 aliphatic carbocycles. The zero-order valence-corrected chi connectivity index (χ0v) is 16.4. The van der Waals surface area contributed by atoms with Gasteiger partial charge in [0, 0.05) is 45.0 Å². The number of anilines is 1. The molecule has 0 bridgehead atoms. The van der Waals surface area contributed by atoms with E-state index in [2.05, 4.69) is 14.5 Å². The average Bonchev–Trinajstić information content (AvgIpc) is 2.65. The Morgan fingerprint density at radius 1 is 0.963 bits per heavy atom. The van der Waals surface area contributed by atoms with E-state index in [0.717, 1.165) is 43.0 Å². The number of hydrogen-bond donors (Lipinski definition) is 1. The number of benzene rings is 2. The predicted molar refractivity (Wildman–Crippen MR) is 107 cm³/mol. The van der Waals surface area contributed by atoms with Crippen LogP contribution in [0.15, 0.2) is 48.5 Å². The highest BCUT2D eigenvalue weighted by Crippen LogP contribution is 2.16. The second kappa shape index (κ2) is 8.82. The van der Waals surface area contributed by atoms with Gasteiger partial charge >= 0.3 is 0 Å². The van der Waals surface area contributed by atoms with Crippen LogP contribution in [0.5, 0.6) is 0 Å². The lowest BCUT2D eigenvalue weighted by Crippen LogP contribution is -2.48. The molecule has 146 valence electrons. The number of rotatable bonds is 7. The summed E-state index contributed by atoms with van der Waals surface area (Å²) in [7, 11) is -3.33. The Hall–Kier alpha value is -1.96. The van der Waals surface area contributed by atoms with Crippen molar-refractivity contribution in [3.8, 4) is 0 Å². The van der Waals surface area contributed by atoms with Gasteiger partial charge in [0.05, 0.1) is 5.75 Å². The molecule has 1 fully saturated rings. The van der Waals surface area contributed by atoms with E-state index in [4.69, 9.17) is 0 Å². The number of halogens is 1. The quantitative estimate of drug-likeness (QED) is 0.787. The molecule has 0 amide bonds. The third kappa shape index (κ3) is 6.02. The summed E-state index contributed by atoms with van der Waals surface area (Å²) < 4.78 is 40.2. The molecule has 2 aromatic rings. The molecule has 0 saturated carbocycles. The summed E-state index contributed by atoms with van der Waals surface area (Å²) in [5.74, 6) is -0.221. The molecule has 7 heteroatoms. The standard InChI is InChI=1S/C20H26FN3O2S/c1-17-2-4-18(5-3-17)16-27(25,26)22-10-11-23-12-14-24(15-13-23)20-8-6-19(21)7-9-20/h2-9,22H,10-16H2,1H3. The second-order valence-electron chi connectivity index (χ2n) is 6.94. The van der Waals surface area contributed by atoms with Gasteiger partial charge in [-0.25, -0.2) is 17.5 Å². The lowest BCUT2D eigenvalue weighted by molar-refractivity contribution is 0.262. The summed E-state index contributed by atoms with van der Waals surface area (Å²) in [6.45, 7) is 6.49. The monoisotopic (exact) mass is 391 g/mol. The van der Waals surface area contributed by atoms with Gasteiger partial charge in [-0.2, -0.15) is 0 Å². The molecule has 0 spiro atoms. The molecular formula is C20H26FN3O2S. The Kier molecular flexibility index (Phi) is 6.46. The summed E-state index contributed by atoms with van der Waals surface area (Å²) in [6, 6.07) is 14.1. The van der Waals surface area contributed by atoms with E-state index >= 15 is 0 Å². The Labute approximate surface area is 160 Å². The molecule has 1 aliphatic rings. The number of hydrogen-bond acceptors (Lipinski definition) is 4. The highest BCUT2D eigenvalue weighted by molar-refractivity contribution is 7.88. The van der Waals surface area contributed by atoms with Crippen LogP contribution in [0, 0.1) is 12.7 Å². The largest absolute Gasteiger partial charge is 0.369 e. The number of nitrogens with one attached hydrogen (secondary N) is 1. The molecule has 1 heterocycles. The molecular weight excluding hydrogens is 365 g/mol. The lowest BCUT2D eigenvalue weighted by Gasteiger charge is -2.36. The van der Waals surface area contributed by atoms with Gasteiger partial charge in [0.15, 0.2) is 0 Å². The van der Waals surface area contributed by atoms with Gasteiger partial charge in [-0.15, -0.1) is 0 Å². The molecule has 27 heavy (non-hydrogen) atoms. The van der Waals surface area contributed by atoms with Crippen molar-refractivity contribution in [3.05, 3.63) is 65.5 Å². The summed E-state index contributed by atoms with van der Waals surface area (Å²) >= 11 is 0. The van der Waals surface area contributed by atoms with Gasteiger partial charge in [-0.1, -0.05) is 29.8 Å². The van der Waals surface area contributed by atoms with Crippen molar-refractivity contribution < 1.29 is 12.8 Å². The van der Waals surface area contributed by atoms with Crippen molar-refractivity contribution >= 4 is 15.7 Å². The third-order valence-electron chi connectivity index (χ3n) is 4.79. The van der Waals surface area contributed by atoms with Crippen molar-refractivity contribution in [1.82, 2.24) is 9.62 Å². The van der Waals surface area contributed by atoms with Crippen molar-refractivity contribution in [2.24, 2.45) is 0 Å². The van der Waals surface area contributed by atoms with E-state index < -0.39 is 10.0 Å². The third-order valence-corrected chi connectivity index (χ3v) is 6.15. The van der Waals surface area contributed by atoms with E-state index in [1.54, 1.807) is 12.1 Å². The number of aryl methyl sites for hydroxylation is 1. The maximum absolute atomic E-state index is 13.0. The van der Waals surface area contributed by atoms with Crippen LogP contribution in [0.25, 0.3) is 0 Å². The predicted octanol–water partition coefficient (Wildman–Crippen LogP) is 2.38. The molecule has 0 aromatic heterocycles. The Morgan fingerprint density at radius 3 is 2.22 bits per heavy atom. The number of nitrogens with zero attached hydrogens (tertiary/aromatic N) is 2. The topological polar surface area (TPSA) is 52.7 Å². The molecule has 0 atom stereocenters. The minimum atomic E-state index is -3.33. The minimum Gasteiger partial charge on any atom is -0.369 e. The van der Waals surface area contributed by atoms with Crippen LogP contribution in [0.2, 0.25) is 0 Å². The SMILES string of the molecule is Cc1ccc(CS(=O)(=O)NCCN2CCN(c3ccc(F)cc3)CC2)cc1. The first-order valence-electron chi connectivity index (χ1n) is 9.17. The van der Waals surface area contributed by atoms with Crippen molar-refractivity contribution in [1.29, 1.82) is 0 Å². The minimum absolute atomic E-state index is 0.00558. The molecule has 0 unspecified atom stereocenters. The summed E-state index contributed by atoms with van der Waals surface area (Å²) in [6.07, 6.45) is 0. The van der Waals surface area contributed by atoms with Crippen molar-refractivity contribution in [3.63, 3.8) is 0 Å². The maximum Gasteiger partial charge on any atom is 0.215 e. The van der Waals surface area contributed by atoms with Gasteiger partial charge in [0.2, 0.25) is 10.0 Å². The van der Waals surface area contributed by atoms with E-state index in [0.29, 0.717) is 13.1 Å². The Bertz CT molecular complexity index is 831. The van der Waals surface area contributed by atoms with Gasteiger partial charge in [0.1, 0.15) is 5.82 Å². The lowest BCUT2D eigenvalue weighted by atomic mass is 10.2. The molecule has 1 saturated heterocycles. The Balaban J connectivity index is 1.40. The summed E-state index contributed by atoms with van der Waals surface area (Å²) in [5.41, 5.74) is 2.93. The smallest absolute Gasteiger partial charge is 0.215 e. The van der Waals surface area contributed by atoms with E-state index in [1.165, 1.54) is 12.1 Å². The van der Waals surface area contributed by atoms with Crippen LogP contribution in [-0.4, -0.2) is 52.6 Å². The van der Waals surface area contributed by atoms with E-state index in [1.807, 2.05) is 31.2 Å². The fraction of sp³-hybridized carbons (Fsp3) is 0.400. The van der Waals surface area contributed by atoms with E-state index in [9.17, 15) is 12.8 Å². The van der Waals surface area contributed by atoms with Crippen LogP contribution in [0.1, 0.15) is 11.1 Å². The molecule has 2 aromatic carbocycles. The summed E-state index contributed by atoms with van der Waals surface area (Å²) in [4.78, 5) is 4.46. The number of piperazine rings is 1. The molecule has 1 aliphatic heterocycles. The zero-order chi connectivity index (χ0) is 19.3. The normalized spacial score (nSPS) is 15.9. The van der Waals surface area contributed by atoms with E-state index in [-0.39, 0.29) is 11.6 Å². The highest BCUT2D eigenvalue weighted by Gasteiger charge is 2.18. The fourth-order valence-electron chi connectivity index (χ4n) is 3.20. The first kappa shape index (κ1) is 19.8. The summed E-state index contributed by atoms with van der Waals surface area (Å²) in [5, 5.41) is 0. The average molecular weight is 392 g/mol.